The number of carboxylic acids is 1. The fourth-order valence-corrected chi connectivity index (χ4v) is 4.54. The molecule has 0 saturated carbocycles. The number of H-pyrrole nitrogens is 1. The van der Waals surface area contributed by atoms with Crippen LogP contribution in [0.3, 0.4) is 0 Å². The third-order valence-electron chi connectivity index (χ3n) is 5.89. The number of nitrogens with one attached hydrogen (secondary N) is 2. The number of benzene rings is 3. The maximum Gasteiger partial charge on any atom is 0.342 e. The zero-order valence-corrected chi connectivity index (χ0v) is 22.5. The largest absolute Gasteiger partial charge is 0.545 e. The van der Waals surface area contributed by atoms with Gasteiger partial charge in [0, 0.05) is 11.1 Å². The molecule has 0 fully saturated rings. The van der Waals surface area contributed by atoms with Crippen LogP contribution in [0.1, 0.15) is 47.8 Å². The molecule has 38 heavy (non-hydrogen) atoms. The summed E-state index contributed by atoms with van der Waals surface area (Å²) in [5.74, 6) is -0.809. The number of rotatable bonds is 8. The van der Waals surface area contributed by atoms with Gasteiger partial charge < -0.3 is 9.90 Å². The van der Waals surface area contributed by atoms with E-state index in [-0.39, 0.29) is 22.6 Å². The predicted octanol–water partition coefficient (Wildman–Crippen LogP) is 3.57. The number of amides is 1. The van der Waals surface area contributed by atoms with Crippen LogP contribution in [-0.4, -0.2) is 34.0 Å². The number of nitrogens with zero attached hydrogens (tertiary/aromatic N) is 3. The van der Waals surface area contributed by atoms with E-state index in [0.717, 1.165) is 22.6 Å². The predicted molar refractivity (Wildman–Crippen MR) is 146 cm³/mol. The number of aromatic amines is 1. The van der Waals surface area contributed by atoms with Gasteiger partial charge in [-0.05, 0) is 53.9 Å². The molecule has 1 heterocycles. The Morgan fingerprint density at radius 1 is 1.05 bits per heavy atom. The van der Waals surface area contributed by atoms with Crippen LogP contribution in [0.15, 0.2) is 83.1 Å². The minimum Gasteiger partial charge on any atom is -0.545 e. The molecule has 1 amide bonds. The zero-order valence-electron chi connectivity index (χ0n) is 21.7. The Hall–Kier alpha value is -4.24. The van der Waals surface area contributed by atoms with E-state index in [1.807, 2.05) is 35.8 Å². The molecular formula is C29H29N5O3S. The monoisotopic (exact) mass is 527 g/mol. The lowest BCUT2D eigenvalue weighted by molar-refractivity contribution is -0.625. The Kier molecular flexibility index (Phi) is 8.07. The van der Waals surface area contributed by atoms with Crippen molar-refractivity contribution in [1.29, 1.82) is 0 Å². The topological polar surface area (TPSA) is 114 Å². The van der Waals surface area contributed by atoms with E-state index >= 15 is 0 Å². The first kappa shape index (κ1) is 26.8. The number of aromatic carboxylic acids is 1. The van der Waals surface area contributed by atoms with Gasteiger partial charge in [-0.2, -0.15) is 9.67 Å². The molecule has 194 valence electrons. The second-order valence-corrected chi connectivity index (χ2v) is 10.8. The van der Waals surface area contributed by atoms with Gasteiger partial charge >= 0.3 is 5.16 Å². The zero-order chi connectivity index (χ0) is 27.3. The molecule has 0 saturated heterocycles. The molecule has 1 aromatic heterocycles. The first-order valence-corrected chi connectivity index (χ1v) is 13.1. The summed E-state index contributed by atoms with van der Waals surface area (Å²) in [5, 5.41) is 23.4. The van der Waals surface area contributed by atoms with E-state index in [4.69, 9.17) is 0 Å². The van der Waals surface area contributed by atoms with Gasteiger partial charge in [0.15, 0.2) is 0 Å². The summed E-state index contributed by atoms with van der Waals surface area (Å²) in [6.07, 6.45) is 1.29. The summed E-state index contributed by atoms with van der Waals surface area (Å²) in [6.45, 7) is 8.56. The number of aryl methyl sites for hydroxylation is 1. The molecule has 4 aromatic rings. The maximum absolute atomic E-state index is 12.5. The molecule has 9 heteroatoms. The Labute approximate surface area is 225 Å². The highest BCUT2D eigenvalue weighted by Crippen LogP contribution is 2.26. The minimum absolute atomic E-state index is 0.00130. The lowest BCUT2D eigenvalue weighted by Crippen LogP contribution is -2.34. The second kappa shape index (κ2) is 11.4. The Morgan fingerprint density at radius 3 is 2.39 bits per heavy atom. The summed E-state index contributed by atoms with van der Waals surface area (Å²) in [6, 6.07) is 22.7. The summed E-state index contributed by atoms with van der Waals surface area (Å²) in [7, 11) is 0. The first-order valence-electron chi connectivity index (χ1n) is 12.1. The summed E-state index contributed by atoms with van der Waals surface area (Å²) in [4.78, 5) is 23.7. The molecule has 0 radical (unpaired) electrons. The van der Waals surface area contributed by atoms with Crippen LogP contribution in [0.2, 0.25) is 0 Å². The highest BCUT2D eigenvalue weighted by molar-refractivity contribution is 7.99. The van der Waals surface area contributed by atoms with Crippen molar-refractivity contribution in [1.82, 2.24) is 15.6 Å². The molecule has 4 rings (SSSR count). The van der Waals surface area contributed by atoms with Crippen molar-refractivity contribution in [2.24, 2.45) is 5.10 Å². The molecule has 0 aliphatic rings. The lowest BCUT2D eigenvalue weighted by Gasteiger charge is -2.18. The number of carbonyl (C=O) groups is 2. The molecular weight excluding hydrogens is 498 g/mol. The maximum atomic E-state index is 12.5. The summed E-state index contributed by atoms with van der Waals surface area (Å²) in [5.41, 5.74) is 7.08. The highest BCUT2D eigenvalue weighted by atomic mass is 32.2. The molecule has 0 atom stereocenters. The first-order chi connectivity index (χ1) is 18.1. The van der Waals surface area contributed by atoms with Crippen molar-refractivity contribution in [2.75, 3.05) is 5.75 Å². The van der Waals surface area contributed by atoms with Gasteiger partial charge in [-0.15, -0.1) is 5.10 Å². The quantitative estimate of drug-likeness (QED) is 0.157. The smallest absolute Gasteiger partial charge is 0.342 e. The third-order valence-corrected chi connectivity index (χ3v) is 6.83. The normalized spacial score (nSPS) is 11.6. The van der Waals surface area contributed by atoms with Crippen LogP contribution in [-0.2, 0) is 10.2 Å². The molecule has 0 spiro atoms. The number of hydrazone groups is 1. The molecule has 3 aromatic carbocycles. The average Bonchev–Trinajstić information content (AvgIpc) is 3.31. The van der Waals surface area contributed by atoms with E-state index in [2.05, 4.69) is 65.8 Å². The second-order valence-electron chi connectivity index (χ2n) is 9.81. The van der Waals surface area contributed by atoms with Crippen LogP contribution < -0.4 is 15.1 Å². The van der Waals surface area contributed by atoms with Crippen molar-refractivity contribution in [3.63, 3.8) is 0 Å². The minimum atomic E-state index is -1.31. The molecule has 2 N–H and O–H groups in total. The molecule has 0 unspecified atom stereocenters. The van der Waals surface area contributed by atoms with Gasteiger partial charge in [-0.1, -0.05) is 74.9 Å². The molecule has 0 bridgehead atoms. The highest BCUT2D eigenvalue weighted by Gasteiger charge is 2.25. The van der Waals surface area contributed by atoms with Gasteiger partial charge in [0.1, 0.15) is 5.69 Å². The van der Waals surface area contributed by atoms with Crippen LogP contribution >= 0.6 is 11.8 Å². The van der Waals surface area contributed by atoms with Gasteiger partial charge in [-0.3, -0.25) is 4.79 Å². The van der Waals surface area contributed by atoms with Crippen LogP contribution in [0, 0.1) is 6.92 Å². The van der Waals surface area contributed by atoms with Crippen LogP contribution in [0.5, 0.6) is 0 Å². The standard InChI is InChI=1S/C29H29N5O3S/c1-19-9-15-23(16-10-19)34-26(20-11-13-22(14-12-20)29(2,3)4)32-33-28(34)38-18-25(35)31-30-17-21-7-5-6-8-24(21)27(36)37/h5-17H,18H2,1-4H3,(H2,31,35,36,37)/b30-17+. The van der Waals surface area contributed by atoms with Crippen LogP contribution in [0.4, 0.5) is 0 Å². The number of carbonyl (C=O) groups excluding carboxylic acids is 2. The molecule has 0 aliphatic carbocycles. The molecule has 8 nitrogen and oxygen atoms in total. The Morgan fingerprint density at radius 2 is 1.74 bits per heavy atom. The fourth-order valence-electron chi connectivity index (χ4n) is 3.78. The van der Waals surface area contributed by atoms with Crippen molar-refractivity contribution in [3.05, 3.63) is 95.1 Å². The fraction of sp³-hybridized carbons (Fsp3) is 0.207. The summed E-state index contributed by atoms with van der Waals surface area (Å²) >= 11 is 1.26. The van der Waals surface area contributed by atoms with Gasteiger partial charge in [0.25, 0.3) is 11.7 Å². The van der Waals surface area contributed by atoms with Crippen molar-refractivity contribution >= 4 is 29.9 Å². The van der Waals surface area contributed by atoms with Crippen molar-refractivity contribution < 1.29 is 19.3 Å². The number of thioether (sulfide) groups is 1. The van der Waals surface area contributed by atoms with E-state index in [0.29, 0.717) is 10.7 Å². The third kappa shape index (κ3) is 6.36. The van der Waals surface area contributed by atoms with Gasteiger partial charge in [-0.25, -0.2) is 5.43 Å². The van der Waals surface area contributed by atoms with Crippen molar-refractivity contribution in [3.8, 4) is 17.1 Å². The Bertz CT molecular complexity index is 1470. The van der Waals surface area contributed by atoms with Crippen LogP contribution in [0.25, 0.3) is 17.1 Å². The van der Waals surface area contributed by atoms with Gasteiger partial charge in [0.2, 0.25) is 0 Å². The van der Waals surface area contributed by atoms with E-state index in [1.165, 1.54) is 29.6 Å². The number of hydrogen-bond donors (Lipinski definition) is 2. The Balaban J connectivity index is 1.54. The number of carboxylic acid groups (broad SMARTS) is 1. The van der Waals surface area contributed by atoms with E-state index in [1.54, 1.807) is 18.2 Å². The molecule has 0 aliphatic heterocycles. The SMILES string of the molecule is Cc1ccc(-[n+]2c(SCC(=O)N/N=C/c3ccccc3C(=O)[O-])n[nH]c2-c2ccc(C(C)(C)C)cc2)cc1. The number of aromatic nitrogens is 3. The average molecular weight is 528 g/mol. The summed E-state index contributed by atoms with van der Waals surface area (Å²) < 4.78 is 1.99. The van der Waals surface area contributed by atoms with Crippen molar-refractivity contribution in [2.45, 2.75) is 38.3 Å². The lowest BCUT2D eigenvalue weighted by atomic mass is 9.87. The van der Waals surface area contributed by atoms with Gasteiger partial charge in [0.05, 0.1) is 28.6 Å². The number of hydrogen-bond acceptors (Lipinski definition) is 6. The van der Waals surface area contributed by atoms with E-state index in [9.17, 15) is 14.7 Å². The van der Waals surface area contributed by atoms with E-state index < -0.39 is 5.97 Å².